The molecule has 0 aliphatic carbocycles. The van der Waals surface area contributed by atoms with Crippen molar-refractivity contribution in [2.45, 2.75) is 32.7 Å². The van der Waals surface area contributed by atoms with Crippen LogP contribution in [0.25, 0.3) is 32.3 Å². The van der Waals surface area contributed by atoms with E-state index in [0.717, 1.165) is 6.42 Å². The third-order valence-corrected chi connectivity index (χ3v) is 5.02. The molecule has 4 aromatic carbocycles. The van der Waals surface area contributed by atoms with Crippen LogP contribution in [0.15, 0.2) is 54.6 Å². The molecule has 4 aromatic rings. The predicted molar refractivity (Wildman–Crippen MR) is 101 cm³/mol. The molecule has 2 N–H and O–H groups in total. The standard InChI is InChI=1S/C22H23N/c1-14(2)6-13-20(23)18-11-9-17-8-7-15-4-3-5-16-10-12-19(18)22(17)21(15)16/h3-5,7-12,14,20H,6,13,23H2,1-2H3/t20-/m1/s1. The van der Waals surface area contributed by atoms with Crippen LogP contribution in [-0.4, -0.2) is 0 Å². The van der Waals surface area contributed by atoms with Crippen molar-refractivity contribution in [1.29, 1.82) is 0 Å². The van der Waals surface area contributed by atoms with Gasteiger partial charge in [0, 0.05) is 6.04 Å². The van der Waals surface area contributed by atoms with Crippen molar-refractivity contribution in [3.63, 3.8) is 0 Å². The van der Waals surface area contributed by atoms with Crippen molar-refractivity contribution in [2.24, 2.45) is 11.7 Å². The molecule has 23 heavy (non-hydrogen) atoms. The molecule has 0 aliphatic heterocycles. The molecule has 1 atom stereocenters. The van der Waals surface area contributed by atoms with E-state index in [1.807, 2.05) is 0 Å². The van der Waals surface area contributed by atoms with Crippen LogP contribution in [0.4, 0.5) is 0 Å². The van der Waals surface area contributed by atoms with E-state index in [1.54, 1.807) is 0 Å². The van der Waals surface area contributed by atoms with E-state index >= 15 is 0 Å². The molecule has 4 rings (SSSR count). The predicted octanol–water partition coefficient (Wildman–Crippen LogP) is 6.02. The lowest BCUT2D eigenvalue weighted by atomic mass is 9.88. The number of hydrogen-bond acceptors (Lipinski definition) is 1. The maximum absolute atomic E-state index is 6.54. The Morgan fingerprint density at radius 1 is 0.739 bits per heavy atom. The number of benzene rings is 4. The smallest absolute Gasteiger partial charge is 0.0301 e. The fourth-order valence-corrected chi connectivity index (χ4v) is 3.75. The zero-order valence-electron chi connectivity index (χ0n) is 13.8. The SMILES string of the molecule is CC(C)CC[C@@H](N)c1ccc2ccc3cccc4ccc1c2c34. The fraction of sp³-hybridized carbons (Fsp3) is 0.273. The Hall–Kier alpha value is -2.12. The van der Waals surface area contributed by atoms with Gasteiger partial charge >= 0.3 is 0 Å². The molecule has 0 unspecified atom stereocenters. The first-order valence-corrected chi connectivity index (χ1v) is 8.57. The maximum atomic E-state index is 6.54. The minimum Gasteiger partial charge on any atom is -0.324 e. The van der Waals surface area contributed by atoms with Crippen molar-refractivity contribution < 1.29 is 0 Å². The zero-order valence-corrected chi connectivity index (χ0v) is 13.8. The number of rotatable bonds is 4. The van der Waals surface area contributed by atoms with Crippen molar-refractivity contribution in [3.05, 3.63) is 60.2 Å². The summed E-state index contributed by atoms with van der Waals surface area (Å²) in [5.74, 6) is 0.695. The molecule has 0 aromatic heterocycles. The van der Waals surface area contributed by atoms with Crippen LogP contribution in [-0.2, 0) is 0 Å². The Kier molecular flexibility index (Phi) is 3.46. The molecule has 0 bridgehead atoms. The quantitative estimate of drug-likeness (QED) is 0.458. The third-order valence-electron chi connectivity index (χ3n) is 5.02. The first-order chi connectivity index (χ1) is 11.1. The Morgan fingerprint density at radius 2 is 1.35 bits per heavy atom. The first kappa shape index (κ1) is 14.5. The summed E-state index contributed by atoms with van der Waals surface area (Å²) in [4.78, 5) is 0. The molecule has 0 heterocycles. The molecule has 0 fully saturated rings. The molecule has 1 heteroatoms. The van der Waals surface area contributed by atoms with Crippen LogP contribution < -0.4 is 5.73 Å². The minimum atomic E-state index is 0.113. The van der Waals surface area contributed by atoms with Crippen LogP contribution in [0.3, 0.4) is 0 Å². The van der Waals surface area contributed by atoms with Gasteiger partial charge in [-0.3, -0.25) is 0 Å². The second kappa shape index (κ2) is 5.50. The molecule has 0 aliphatic rings. The summed E-state index contributed by atoms with van der Waals surface area (Å²) in [5, 5.41) is 8.01. The van der Waals surface area contributed by atoms with Crippen molar-refractivity contribution in [3.8, 4) is 0 Å². The average molecular weight is 301 g/mol. The summed E-state index contributed by atoms with van der Waals surface area (Å²) in [6.45, 7) is 4.52. The van der Waals surface area contributed by atoms with Gasteiger partial charge in [0.2, 0.25) is 0 Å². The second-order valence-corrected chi connectivity index (χ2v) is 7.09. The molecule has 1 nitrogen and oxygen atoms in total. The van der Waals surface area contributed by atoms with Crippen LogP contribution in [0.1, 0.15) is 38.3 Å². The summed E-state index contributed by atoms with van der Waals surface area (Å²) in [7, 11) is 0. The molecule has 0 saturated carbocycles. The average Bonchev–Trinajstić information content (AvgIpc) is 2.57. The lowest BCUT2D eigenvalue weighted by Gasteiger charge is -2.18. The Morgan fingerprint density at radius 3 is 2.04 bits per heavy atom. The Bertz CT molecular complexity index is 952. The summed E-state index contributed by atoms with van der Waals surface area (Å²) >= 11 is 0. The largest absolute Gasteiger partial charge is 0.324 e. The Labute approximate surface area is 137 Å². The van der Waals surface area contributed by atoms with Crippen molar-refractivity contribution >= 4 is 32.3 Å². The van der Waals surface area contributed by atoms with E-state index in [9.17, 15) is 0 Å². The van der Waals surface area contributed by atoms with Gasteiger partial charge in [-0.2, -0.15) is 0 Å². The van der Waals surface area contributed by atoms with E-state index in [-0.39, 0.29) is 6.04 Å². The summed E-state index contributed by atoms with van der Waals surface area (Å²) < 4.78 is 0. The monoisotopic (exact) mass is 301 g/mol. The summed E-state index contributed by atoms with van der Waals surface area (Å²) in [6.07, 6.45) is 2.21. The van der Waals surface area contributed by atoms with Gasteiger partial charge < -0.3 is 5.73 Å². The molecule has 0 amide bonds. The van der Waals surface area contributed by atoms with Gasteiger partial charge in [0.15, 0.2) is 0 Å². The van der Waals surface area contributed by atoms with E-state index in [1.165, 1.54) is 44.3 Å². The lowest BCUT2D eigenvalue weighted by molar-refractivity contribution is 0.508. The third kappa shape index (κ3) is 2.36. The van der Waals surface area contributed by atoms with Crippen molar-refractivity contribution in [2.75, 3.05) is 0 Å². The molecule has 0 saturated heterocycles. The van der Waals surface area contributed by atoms with Gasteiger partial charge in [-0.25, -0.2) is 0 Å². The van der Waals surface area contributed by atoms with Crippen LogP contribution in [0.2, 0.25) is 0 Å². The van der Waals surface area contributed by atoms with Gasteiger partial charge in [-0.05, 0) is 56.6 Å². The number of nitrogens with two attached hydrogens (primary N) is 1. The maximum Gasteiger partial charge on any atom is 0.0301 e. The van der Waals surface area contributed by atoms with Crippen LogP contribution in [0, 0.1) is 5.92 Å². The highest BCUT2D eigenvalue weighted by atomic mass is 14.6. The van der Waals surface area contributed by atoms with E-state index in [4.69, 9.17) is 5.73 Å². The highest BCUT2D eigenvalue weighted by molar-refractivity contribution is 6.23. The van der Waals surface area contributed by atoms with Crippen LogP contribution >= 0.6 is 0 Å². The second-order valence-electron chi connectivity index (χ2n) is 7.09. The molecule has 0 spiro atoms. The number of hydrogen-bond donors (Lipinski definition) is 1. The van der Waals surface area contributed by atoms with Gasteiger partial charge in [-0.1, -0.05) is 68.4 Å². The van der Waals surface area contributed by atoms with Crippen molar-refractivity contribution in [1.82, 2.24) is 0 Å². The molecular weight excluding hydrogens is 278 g/mol. The molecular formula is C22H23N. The van der Waals surface area contributed by atoms with Gasteiger partial charge in [-0.15, -0.1) is 0 Å². The topological polar surface area (TPSA) is 26.0 Å². The summed E-state index contributed by atoms with van der Waals surface area (Å²) in [5.41, 5.74) is 7.83. The Balaban J connectivity index is 1.96. The van der Waals surface area contributed by atoms with Gasteiger partial charge in [0.05, 0.1) is 0 Å². The lowest BCUT2D eigenvalue weighted by Crippen LogP contribution is -2.11. The van der Waals surface area contributed by atoms with E-state index < -0.39 is 0 Å². The first-order valence-electron chi connectivity index (χ1n) is 8.57. The molecule has 116 valence electrons. The normalized spacial score (nSPS) is 13.6. The van der Waals surface area contributed by atoms with Crippen LogP contribution in [0.5, 0.6) is 0 Å². The highest BCUT2D eigenvalue weighted by Gasteiger charge is 2.14. The van der Waals surface area contributed by atoms with Gasteiger partial charge in [0.25, 0.3) is 0 Å². The zero-order chi connectivity index (χ0) is 16.0. The van der Waals surface area contributed by atoms with Gasteiger partial charge in [0.1, 0.15) is 0 Å². The fourth-order valence-electron chi connectivity index (χ4n) is 3.75. The van der Waals surface area contributed by atoms with E-state index in [2.05, 4.69) is 68.4 Å². The van der Waals surface area contributed by atoms with E-state index in [0.29, 0.717) is 5.92 Å². The highest BCUT2D eigenvalue weighted by Crippen LogP contribution is 2.37. The summed E-state index contributed by atoms with van der Waals surface area (Å²) in [6, 6.07) is 20.1. The minimum absolute atomic E-state index is 0.113. The molecule has 0 radical (unpaired) electrons.